The number of hydrogen-bond acceptors (Lipinski definition) is 6. The van der Waals surface area contributed by atoms with Gasteiger partial charge >= 0.3 is 0 Å². The van der Waals surface area contributed by atoms with Crippen LogP contribution in [0.5, 0.6) is 0 Å². The molecule has 3 aromatic rings. The summed E-state index contributed by atoms with van der Waals surface area (Å²) in [5, 5.41) is 8.07. The second-order valence-electron chi connectivity index (χ2n) is 7.36. The lowest BCUT2D eigenvalue weighted by atomic mass is 9.75. The lowest BCUT2D eigenvalue weighted by Crippen LogP contribution is -2.47. The molecule has 1 aliphatic rings. The topological polar surface area (TPSA) is 85.0 Å². The summed E-state index contributed by atoms with van der Waals surface area (Å²) in [5.74, 6) is 2.25. The van der Waals surface area contributed by atoms with Crippen LogP contribution in [0.15, 0.2) is 41.1 Å². The van der Waals surface area contributed by atoms with Crippen LogP contribution < -0.4 is 4.90 Å². The van der Waals surface area contributed by atoms with Gasteiger partial charge in [0.2, 0.25) is 17.7 Å². The molecule has 28 heavy (non-hydrogen) atoms. The van der Waals surface area contributed by atoms with Crippen LogP contribution >= 0.6 is 0 Å². The highest BCUT2D eigenvalue weighted by Gasteiger charge is 2.38. The quantitative estimate of drug-likeness (QED) is 0.694. The highest BCUT2D eigenvalue weighted by atomic mass is 16.4. The van der Waals surface area contributed by atoms with Crippen LogP contribution in [0.2, 0.25) is 0 Å². The zero-order valence-electron chi connectivity index (χ0n) is 16.5. The van der Waals surface area contributed by atoms with Gasteiger partial charge in [-0.1, -0.05) is 6.92 Å². The Morgan fingerprint density at radius 3 is 2.57 bits per heavy atom. The molecular formula is C21H23N5O2. The number of amides is 1. The molecule has 1 aliphatic heterocycles. The van der Waals surface area contributed by atoms with E-state index in [0.717, 1.165) is 22.6 Å². The second kappa shape index (κ2) is 7.14. The molecule has 1 aromatic carbocycles. The van der Waals surface area contributed by atoms with Crippen LogP contribution in [0.1, 0.15) is 44.0 Å². The molecule has 0 bridgehead atoms. The highest BCUT2D eigenvalue weighted by molar-refractivity contribution is 5.94. The van der Waals surface area contributed by atoms with Crippen LogP contribution in [0.4, 0.5) is 5.69 Å². The van der Waals surface area contributed by atoms with Gasteiger partial charge in [-0.05, 0) is 48.6 Å². The molecule has 0 radical (unpaired) electrons. The zero-order chi connectivity index (χ0) is 19.8. The van der Waals surface area contributed by atoms with Gasteiger partial charge in [-0.2, -0.15) is 0 Å². The SMILES string of the molecule is CC(=O)N1c2ccc(-c3nnc(C)o3)cc2[C@H](Cc2ncccn2)[C@@H](C)[C@@H]1C. The van der Waals surface area contributed by atoms with Gasteiger partial charge in [-0.3, -0.25) is 4.79 Å². The van der Waals surface area contributed by atoms with E-state index in [1.807, 2.05) is 23.1 Å². The Labute approximate surface area is 163 Å². The Bertz CT molecular complexity index is 1000. The Morgan fingerprint density at radius 1 is 1.18 bits per heavy atom. The summed E-state index contributed by atoms with van der Waals surface area (Å²) in [6.07, 6.45) is 4.23. The first-order chi connectivity index (χ1) is 13.5. The predicted octanol–water partition coefficient (Wildman–Crippen LogP) is 3.55. The Balaban J connectivity index is 1.83. The molecule has 7 nitrogen and oxygen atoms in total. The minimum atomic E-state index is 0.0383. The van der Waals surface area contributed by atoms with Gasteiger partial charge in [0.25, 0.3) is 0 Å². The standard InChI is InChI=1S/C21H23N5O2/c1-12-13(2)26(15(4)27)19-7-6-16(21-25-24-14(3)28-21)10-18(19)17(12)11-20-22-8-5-9-23-20/h5-10,12-13,17H,11H2,1-4H3/t12-,13-,17+/m0/s1. The largest absolute Gasteiger partial charge is 0.421 e. The van der Waals surface area contributed by atoms with E-state index in [-0.39, 0.29) is 23.8 Å². The number of aryl methyl sites for hydroxylation is 1. The molecule has 3 atom stereocenters. The second-order valence-corrected chi connectivity index (χ2v) is 7.36. The molecule has 1 amide bonds. The van der Waals surface area contributed by atoms with E-state index in [1.54, 1.807) is 26.2 Å². The van der Waals surface area contributed by atoms with Crippen molar-refractivity contribution in [3.8, 4) is 11.5 Å². The molecule has 4 rings (SSSR count). The van der Waals surface area contributed by atoms with E-state index < -0.39 is 0 Å². The first-order valence-corrected chi connectivity index (χ1v) is 9.46. The highest BCUT2D eigenvalue weighted by Crippen LogP contribution is 2.44. The van der Waals surface area contributed by atoms with E-state index in [1.165, 1.54) is 0 Å². The lowest BCUT2D eigenvalue weighted by molar-refractivity contribution is -0.117. The fourth-order valence-electron chi connectivity index (χ4n) is 4.08. The third-order valence-electron chi connectivity index (χ3n) is 5.62. The average Bonchev–Trinajstić information content (AvgIpc) is 3.12. The minimum Gasteiger partial charge on any atom is -0.421 e. The third-order valence-corrected chi connectivity index (χ3v) is 5.62. The van der Waals surface area contributed by atoms with Crippen molar-refractivity contribution < 1.29 is 9.21 Å². The number of carbonyl (C=O) groups excluding carboxylic acids is 1. The Morgan fingerprint density at radius 2 is 1.93 bits per heavy atom. The van der Waals surface area contributed by atoms with Gasteiger partial charge in [-0.25, -0.2) is 9.97 Å². The van der Waals surface area contributed by atoms with E-state index in [9.17, 15) is 4.79 Å². The number of hydrogen-bond donors (Lipinski definition) is 0. The maximum Gasteiger partial charge on any atom is 0.247 e. The van der Waals surface area contributed by atoms with Crippen molar-refractivity contribution >= 4 is 11.6 Å². The zero-order valence-corrected chi connectivity index (χ0v) is 16.5. The third kappa shape index (κ3) is 3.17. The number of anilines is 1. The maximum atomic E-state index is 12.4. The van der Waals surface area contributed by atoms with Gasteiger partial charge in [0.1, 0.15) is 5.82 Å². The molecular weight excluding hydrogens is 354 g/mol. The number of aromatic nitrogens is 4. The fraction of sp³-hybridized carbons (Fsp3) is 0.381. The first-order valence-electron chi connectivity index (χ1n) is 9.46. The number of carbonyl (C=O) groups is 1. The van der Waals surface area contributed by atoms with Gasteiger partial charge in [0.05, 0.1) is 0 Å². The molecule has 0 fully saturated rings. The summed E-state index contributed by atoms with van der Waals surface area (Å²) < 4.78 is 5.61. The molecule has 0 N–H and O–H groups in total. The van der Waals surface area contributed by atoms with Crippen LogP contribution in [-0.2, 0) is 11.2 Å². The van der Waals surface area contributed by atoms with Crippen LogP contribution in [-0.4, -0.2) is 32.1 Å². The molecule has 2 aromatic heterocycles. The van der Waals surface area contributed by atoms with Crippen molar-refractivity contribution in [1.29, 1.82) is 0 Å². The van der Waals surface area contributed by atoms with Crippen molar-refractivity contribution in [3.05, 3.63) is 53.9 Å². The van der Waals surface area contributed by atoms with Crippen molar-refractivity contribution in [2.45, 2.75) is 46.1 Å². The van der Waals surface area contributed by atoms with Gasteiger partial charge in [0, 0.05) is 50.0 Å². The summed E-state index contributed by atoms with van der Waals surface area (Å²) in [6, 6.07) is 7.87. The van der Waals surface area contributed by atoms with Crippen molar-refractivity contribution in [3.63, 3.8) is 0 Å². The molecule has 0 spiro atoms. The molecule has 0 aliphatic carbocycles. The van der Waals surface area contributed by atoms with E-state index in [0.29, 0.717) is 18.2 Å². The molecule has 0 unspecified atom stereocenters. The van der Waals surface area contributed by atoms with E-state index in [2.05, 4.69) is 40.1 Å². The Hall–Kier alpha value is -3.09. The number of fused-ring (bicyclic) bond motifs is 1. The number of benzene rings is 1. The lowest BCUT2D eigenvalue weighted by Gasteiger charge is -2.43. The minimum absolute atomic E-state index is 0.0383. The van der Waals surface area contributed by atoms with Crippen LogP contribution in [0.3, 0.4) is 0 Å². The van der Waals surface area contributed by atoms with Crippen molar-refractivity contribution in [2.24, 2.45) is 5.92 Å². The summed E-state index contributed by atoms with van der Waals surface area (Å²) in [5.41, 5.74) is 2.87. The summed E-state index contributed by atoms with van der Waals surface area (Å²) >= 11 is 0. The molecule has 3 heterocycles. The normalized spacial score (nSPS) is 21.4. The summed E-state index contributed by atoms with van der Waals surface area (Å²) in [7, 11) is 0. The van der Waals surface area contributed by atoms with Gasteiger partial charge < -0.3 is 9.32 Å². The molecule has 7 heteroatoms. The molecule has 144 valence electrons. The van der Waals surface area contributed by atoms with Gasteiger partial charge in [0.15, 0.2) is 0 Å². The average molecular weight is 377 g/mol. The van der Waals surface area contributed by atoms with Crippen molar-refractivity contribution in [1.82, 2.24) is 20.2 Å². The summed E-state index contributed by atoms with van der Waals surface area (Å²) in [6.45, 7) is 7.67. The predicted molar refractivity (Wildman–Crippen MR) is 105 cm³/mol. The Kier molecular flexibility index (Phi) is 4.66. The van der Waals surface area contributed by atoms with Crippen LogP contribution in [0, 0.1) is 12.8 Å². The van der Waals surface area contributed by atoms with E-state index >= 15 is 0 Å². The fourth-order valence-corrected chi connectivity index (χ4v) is 4.08. The smallest absolute Gasteiger partial charge is 0.247 e. The summed E-state index contributed by atoms with van der Waals surface area (Å²) in [4.78, 5) is 23.1. The van der Waals surface area contributed by atoms with Gasteiger partial charge in [-0.15, -0.1) is 10.2 Å². The molecule has 0 saturated heterocycles. The monoisotopic (exact) mass is 377 g/mol. The number of nitrogens with zero attached hydrogens (tertiary/aromatic N) is 5. The van der Waals surface area contributed by atoms with Crippen LogP contribution in [0.25, 0.3) is 11.5 Å². The van der Waals surface area contributed by atoms with Crippen molar-refractivity contribution in [2.75, 3.05) is 4.90 Å². The maximum absolute atomic E-state index is 12.4. The van der Waals surface area contributed by atoms with E-state index in [4.69, 9.17) is 4.42 Å². The molecule has 0 saturated carbocycles. The number of rotatable bonds is 3. The first kappa shape index (κ1) is 18.3.